The largest absolute Gasteiger partial charge is 0.439 e. The summed E-state index contributed by atoms with van der Waals surface area (Å²) in [6, 6.07) is 7.24. The van der Waals surface area contributed by atoms with Crippen LogP contribution in [0.15, 0.2) is 33.6 Å². The van der Waals surface area contributed by atoms with Gasteiger partial charge in [-0.05, 0) is 49.1 Å². The third-order valence-electron chi connectivity index (χ3n) is 5.17. The van der Waals surface area contributed by atoms with Crippen LogP contribution in [0.1, 0.15) is 46.5 Å². The van der Waals surface area contributed by atoms with E-state index in [1.807, 2.05) is 12.1 Å². The molecule has 0 bridgehead atoms. The lowest BCUT2D eigenvalue weighted by molar-refractivity contribution is -0.121. The smallest absolute Gasteiger partial charge is 0.326 e. The van der Waals surface area contributed by atoms with Crippen molar-refractivity contribution in [1.82, 2.24) is 10.1 Å². The summed E-state index contributed by atoms with van der Waals surface area (Å²) in [7, 11) is 0. The van der Waals surface area contributed by atoms with E-state index in [0.29, 0.717) is 28.4 Å². The van der Waals surface area contributed by atoms with Gasteiger partial charge in [0.2, 0.25) is 5.91 Å². The van der Waals surface area contributed by atoms with Crippen molar-refractivity contribution in [3.05, 3.63) is 34.8 Å². The van der Waals surface area contributed by atoms with E-state index in [1.54, 1.807) is 12.1 Å². The minimum Gasteiger partial charge on any atom is -0.326 e. The number of aromatic amines is 1. The van der Waals surface area contributed by atoms with Crippen LogP contribution in [0.3, 0.4) is 0 Å². The Balaban J connectivity index is 1.63. The molecule has 0 unspecified atom stereocenters. The molecule has 3 rings (SSSR count). The van der Waals surface area contributed by atoms with Gasteiger partial charge in [-0.1, -0.05) is 38.1 Å². The third kappa shape index (κ3) is 4.18. The molecule has 0 radical (unpaired) electrons. The molecule has 0 aliphatic heterocycles. The van der Waals surface area contributed by atoms with Crippen molar-refractivity contribution in [3.63, 3.8) is 0 Å². The molecule has 134 valence electrons. The molecule has 1 saturated carbocycles. The van der Waals surface area contributed by atoms with Gasteiger partial charge in [-0.25, -0.2) is 4.79 Å². The van der Waals surface area contributed by atoms with Crippen LogP contribution < -0.4 is 11.1 Å². The Morgan fingerprint density at radius 2 is 1.96 bits per heavy atom. The number of hydrogen-bond donors (Lipinski definition) is 2. The highest BCUT2D eigenvalue weighted by Crippen LogP contribution is 2.40. The van der Waals surface area contributed by atoms with Crippen LogP contribution in [0, 0.1) is 17.3 Å². The summed E-state index contributed by atoms with van der Waals surface area (Å²) < 4.78 is 4.52. The molecule has 2 N–H and O–H groups in total. The first-order valence-corrected chi connectivity index (χ1v) is 8.80. The standard InChI is InChI=1S/C19H25N3O3/c1-19(2,3)14-9-7-12(8-10-14)17(23)20-15-6-4-5-13(11-15)16-21-18(24)25-22-16/h4-6,11-12,14H,7-10H2,1-3H3,(H,20,23)(H,21,22,24). The van der Waals surface area contributed by atoms with Gasteiger partial charge in [-0.3, -0.25) is 14.3 Å². The second-order valence-corrected chi connectivity index (χ2v) is 7.93. The number of aromatic nitrogens is 2. The van der Waals surface area contributed by atoms with Crippen LogP contribution in [0.5, 0.6) is 0 Å². The summed E-state index contributed by atoms with van der Waals surface area (Å²) >= 11 is 0. The first-order chi connectivity index (χ1) is 11.8. The second-order valence-electron chi connectivity index (χ2n) is 7.93. The highest BCUT2D eigenvalue weighted by molar-refractivity contribution is 5.93. The molecule has 1 heterocycles. The topological polar surface area (TPSA) is 88.0 Å². The molecule has 25 heavy (non-hydrogen) atoms. The molecule has 0 spiro atoms. The number of H-pyrrole nitrogens is 1. The van der Waals surface area contributed by atoms with E-state index >= 15 is 0 Å². The average Bonchev–Trinajstić information content (AvgIpc) is 3.01. The lowest BCUT2D eigenvalue weighted by Crippen LogP contribution is -2.31. The Morgan fingerprint density at radius 1 is 1.24 bits per heavy atom. The zero-order valence-electron chi connectivity index (χ0n) is 15.0. The lowest BCUT2D eigenvalue weighted by atomic mass is 9.69. The Bertz CT molecular complexity index is 792. The van der Waals surface area contributed by atoms with E-state index in [0.717, 1.165) is 25.7 Å². The van der Waals surface area contributed by atoms with Gasteiger partial charge in [-0.15, -0.1) is 0 Å². The molecule has 1 amide bonds. The highest BCUT2D eigenvalue weighted by atomic mass is 16.5. The van der Waals surface area contributed by atoms with Crippen molar-refractivity contribution in [1.29, 1.82) is 0 Å². The van der Waals surface area contributed by atoms with Gasteiger partial charge < -0.3 is 5.32 Å². The van der Waals surface area contributed by atoms with E-state index in [4.69, 9.17) is 0 Å². The van der Waals surface area contributed by atoms with Crippen molar-refractivity contribution in [3.8, 4) is 11.4 Å². The van der Waals surface area contributed by atoms with E-state index in [1.165, 1.54) is 0 Å². The molecular weight excluding hydrogens is 318 g/mol. The van der Waals surface area contributed by atoms with Crippen LogP contribution in [0.4, 0.5) is 5.69 Å². The molecule has 1 fully saturated rings. The zero-order valence-corrected chi connectivity index (χ0v) is 15.0. The minimum absolute atomic E-state index is 0.0640. The van der Waals surface area contributed by atoms with Crippen molar-refractivity contribution in [2.45, 2.75) is 46.5 Å². The lowest BCUT2D eigenvalue weighted by Gasteiger charge is -2.36. The predicted octanol–water partition coefficient (Wildman–Crippen LogP) is 3.82. The molecule has 1 aliphatic rings. The molecule has 6 heteroatoms. The summed E-state index contributed by atoms with van der Waals surface area (Å²) in [5.74, 6) is 0.572. The number of carbonyl (C=O) groups is 1. The Labute approximate surface area is 147 Å². The number of rotatable bonds is 3. The fraction of sp³-hybridized carbons (Fsp3) is 0.526. The maximum absolute atomic E-state index is 12.6. The van der Waals surface area contributed by atoms with E-state index < -0.39 is 5.76 Å². The normalized spacial score (nSPS) is 21.1. The monoisotopic (exact) mass is 343 g/mol. The number of hydrogen-bond acceptors (Lipinski definition) is 4. The molecule has 1 aromatic heterocycles. The van der Waals surface area contributed by atoms with Gasteiger partial charge in [0.15, 0.2) is 5.82 Å². The highest BCUT2D eigenvalue weighted by Gasteiger charge is 2.32. The quantitative estimate of drug-likeness (QED) is 0.887. The number of nitrogens with zero attached hydrogens (tertiary/aromatic N) is 1. The maximum Gasteiger partial charge on any atom is 0.439 e. The number of amides is 1. The Kier molecular flexibility index (Phi) is 4.79. The van der Waals surface area contributed by atoms with Gasteiger partial charge in [0.05, 0.1) is 0 Å². The fourth-order valence-corrected chi connectivity index (χ4v) is 3.56. The Hall–Kier alpha value is -2.37. The SMILES string of the molecule is CC(C)(C)C1CCC(C(=O)Nc2cccc(-c3noc(=O)[nH]3)c2)CC1. The molecule has 0 atom stereocenters. The van der Waals surface area contributed by atoms with Crippen molar-refractivity contribution < 1.29 is 9.32 Å². The summed E-state index contributed by atoms with van der Waals surface area (Å²) in [5, 5.41) is 6.66. The van der Waals surface area contributed by atoms with Crippen LogP contribution in [-0.2, 0) is 4.79 Å². The van der Waals surface area contributed by atoms with Gasteiger partial charge in [-0.2, -0.15) is 0 Å². The first-order valence-electron chi connectivity index (χ1n) is 8.80. The third-order valence-corrected chi connectivity index (χ3v) is 5.17. The van der Waals surface area contributed by atoms with Crippen LogP contribution in [-0.4, -0.2) is 16.0 Å². The molecule has 1 aliphatic carbocycles. The number of nitrogens with one attached hydrogen (secondary N) is 2. The van der Waals surface area contributed by atoms with Gasteiger partial charge in [0, 0.05) is 17.2 Å². The summed E-state index contributed by atoms with van der Waals surface area (Å²) in [6.07, 6.45) is 4.07. The van der Waals surface area contributed by atoms with E-state index in [9.17, 15) is 9.59 Å². The van der Waals surface area contributed by atoms with Crippen molar-refractivity contribution >= 4 is 11.6 Å². The van der Waals surface area contributed by atoms with Crippen LogP contribution in [0.2, 0.25) is 0 Å². The van der Waals surface area contributed by atoms with E-state index in [2.05, 4.69) is 40.8 Å². The minimum atomic E-state index is -0.597. The Morgan fingerprint density at radius 3 is 2.56 bits per heavy atom. The number of anilines is 1. The summed E-state index contributed by atoms with van der Waals surface area (Å²) in [5.41, 5.74) is 1.70. The first kappa shape index (κ1) is 17.5. The molecule has 1 aromatic carbocycles. The predicted molar refractivity (Wildman–Crippen MR) is 96.1 cm³/mol. The molecule has 2 aromatic rings. The average molecular weight is 343 g/mol. The number of benzene rings is 1. The van der Waals surface area contributed by atoms with E-state index in [-0.39, 0.29) is 11.8 Å². The summed E-state index contributed by atoms with van der Waals surface area (Å²) in [6.45, 7) is 6.83. The van der Waals surface area contributed by atoms with Crippen molar-refractivity contribution in [2.75, 3.05) is 5.32 Å². The zero-order chi connectivity index (χ0) is 18.0. The van der Waals surface area contributed by atoms with Crippen LogP contribution in [0.25, 0.3) is 11.4 Å². The molecule has 0 saturated heterocycles. The second kappa shape index (κ2) is 6.86. The number of carbonyl (C=O) groups excluding carboxylic acids is 1. The maximum atomic E-state index is 12.6. The van der Waals surface area contributed by atoms with Gasteiger partial charge in [0.1, 0.15) is 0 Å². The fourth-order valence-electron chi connectivity index (χ4n) is 3.56. The van der Waals surface area contributed by atoms with Gasteiger partial charge in [0.25, 0.3) is 0 Å². The van der Waals surface area contributed by atoms with Crippen molar-refractivity contribution in [2.24, 2.45) is 17.3 Å². The molecular formula is C19H25N3O3. The van der Waals surface area contributed by atoms with Gasteiger partial charge >= 0.3 is 5.76 Å². The summed E-state index contributed by atoms with van der Waals surface area (Å²) in [4.78, 5) is 26.2. The molecule has 6 nitrogen and oxygen atoms in total. The van der Waals surface area contributed by atoms with Crippen LogP contribution >= 0.6 is 0 Å².